The van der Waals surface area contributed by atoms with Gasteiger partial charge in [-0.2, -0.15) is 0 Å². The first-order valence-electron chi connectivity index (χ1n) is 9.00. The molecule has 3 fully saturated rings. The smallest absolute Gasteiger partial charge is 0.336 e. The van der Waals surface area contributed by atoms with Crippen LogP contribution < -0.4 is 0 Å². The predicted octanol–water partition coefficient (Wildman–Crippen LogP) is 4.37. The molecule has 0 bridgehead atoms. The fraction of sp³-hybridized carbons (Fsp3) is 0.750. The van der Waals surface area contributed by atoms with Gasteiger partial charge < -0.3 is 9.84 Å². The van der Waals surface area contributed by atoms with Crippen LogP contribution in [-0.2, 0) is 9.53 Å². The summed E-state index contributed by atoms with van der Waals surface area (Å²) >= 11 is 0. The van der Waals surface area contributed by atoms with E-state index in [9.17, 15) is 9.90 Å². The third-order valence-corrected chi connectivity index (χ3v) is 6.82. The Labute approximate surface area is 139 Å². The molecule has 0 aromatic heterocycles. The lowest BCUT2D eigenvalue weighted by atomic mass is 9.47. The number of ether oxygens (including phenoxy) is 1. The number of hydrogen-bond acceptors (Lipinski definition) is 3. The van der Waals surface area contributed by atoms with Gasteiger partial charge in [-0.3, -0.25) is 0 Å². The molecule has 3 nitrogen and oxygen atoms in total. The SMILES string of the molecule is C=C1CCC2C(C)(C)CCCC2(C)C1C/C=C1/CC(O)OC1=O. The van der Waals surface area contributed by atoms with Crippen LogP contribution in [0.4, 0.5) is 0 Å². The Morgan fingerprint density at radius 2 is 2.09 bits per heavy atom. The summed E-state index contributed by atoms with van der Waals surface area (Å²) in [6.07, 6.45) is 8.40. The number of allylic oxidation sites excluding steroid dienone is 2. The van der Waals surface area contributed by atoms with Gasteiger partial charge in [0.25, 0.3) is 0 Å². The Balaban J connectivity index is 1.83. The number of aliphatic hydroxyl groups excluding tert-OH is 1. The van der Waals surface area contributed by atoms with E-state index < -0.39 is 6.29 Å². The van der Waals surface area contributed by atoms with Gasteiger partial charge in [0.1, 0.15) is 0 Å². The molecular weight excluding hydrogens is 288 g/mol. The second kappa shape index (κ2) is 5.77. The van der Waals surface area contributed by atoms with Gasteiger partial charge in [-0.05, 0) is 54.8 Å². The lowest BCUT2D eigenvalue weighted by molar-refractivity contribution is -0.152. The molecule has 2 saturated carbocycles. The number of carbonyl (C=O) groups excluding carboxylic acids is 1. The van der Waals surface area contributed by atoms with Gasteiger partial charge in [0, 0.05) is 12.0 Å². The first-order valence-corrected chi connectivity index (χ1v) is 9.00. The molecule has 0 aromatic rings. The normalized spacial score (nSPS) is 41.7. The molecule has 128 valence electrons. The summed E-state index contributed by atoms with van der Waals surface area (Å²) in [4.78, 5) is 11.7. The van der Waals surface area contributed by atoms with Crippen molar-refractivity contribution in [2.45, 2.75) is 72.0 Å². The number of rotatable bonds is 2. The summed E-state index contributed by atoms with van der Waals surface area (Å²) < 4.78 is 4.83. The molecule has 0 amide bonds. The zero-order valence-corrected chi connectivity index (χ0v) is 14.7. The predicted molar refractivity (Wildman–Crippen MR) is 90.5 cm³/mol. The van der Waals surface area contributed by atoms with Crippen molar-refractivity contribution in [1.82, 2.24) is 0 Å². The quantitative estimate of drug-likeness (QED) is 0.467. The Hall–Kier alpha value is -1.09. The summed E-state index contributed by atoms with van der Waals surface area (Å²) in [6, 6.07) is 0. The van der Waals surface area contributed by atoms with Crippen LogP contribution in [0.3, 0.4) is 0 Å². The van der Waals surface area contributed by atoms with E-state index in [0.29, 0.717) is 23.3 Å². The van der Waals surface area contributed by atoms with Crippen molar-refractivity contribution in [3.05, 3.63) is 23.8 Å². The highest BCUT2D eigenvalue weighted by atomic mass is 16.6. The van der Waals surface area contributed by atoms with E-state index in [1.807, 2.05) is 6.08 Å². The summed E-state index contributed by atoms with van der Waals surface area (Å²) in [5, 5.41) is 9.46. The van der Waals surface area contributed by atoms with Crippen LogP contribution >= 0.6 is 0 Å². The standard InChI is InChI=1S/C20H30O3/c1-13-6-9-16-19(2,3)10-5-11-20(16,4)15(13)8-7-14-12-17(21)23-18(14)22/h7,15-17,21H,1,5-6,8-12H2,2-4H3/b14-7-. The number of cyclic esters (lactones) is 1. The van der Waals surface area contributed by atoms with Gasteiger partial charge in [0.2, 0.25) is 6.29 Å². The highest BCUT2D eigenvalue weighted by Crippen LogP contribution is 2.61. The molecule has 3 rings (SSSR count). The molecule has 1 N–H and O–H groups in total. The minimum absolute atomic E-state index is 0.273. The molecule has 2 aliphatic carbocycles. The second-order valence-corrected chi connectivity index (χ2v) is 8.68. The van der Waals surface area contributed by atoms with Gasteiger partial charge in [-0.1, -0.05) is 45.4 Å². The number of aliphatic hydroxyl groups is 1. The number of hydrogen-bond donors (Lipinski definition) is 1. The highest BCUT2D eigenvalue weighted by Gasteiger charge is 2.52. The fourth-order valence-electron chi connectivity index (χ4n) is 5.65. The maximum absolute atomic E-state index is 11.7. The molecule has 0 spiro atoms. The highest BCUT2D eigenvalue weighted by molar-refractivity contribution is 5.90. The van der Waals surface area contributed by atoms with Gasteiger partial charge in [-0.25, -0.2) is 4.79 Å². The van der Waals surface area contributed by atoms with E-state index >= 15 is 0 Å². The van der Waals surface area contributed by atoms with Crippen LogP contribution in [0, 0.1) is 22.7 Å². The number of carbonyl (C=O) groups is 1. The van der Waals surface area contributed by atoms with Crippen LogP contribution in [0.5, 0.6) is 0 Å². The Kier molecular flexibility index (Phi) is 4.20. The van der Waals surface area contributed by atoms with Gasteiger partial charge in [-0.15, -0.1) is 0 Å². The lowest BCUT2D eigenvalue weighted by Crippen LogP contribution is -2.49. The lowest BCUT2D eigenvalue weighted by Gasteiger charge is -2.58. The molecule has 23 heavy (non-hydrogen) atoms. The Morgan fingerprint density at radius 3 is 2.74 bits per heavy atom. The van der Waals surface area contributed by atoms with Crippen LogP contribution in [0.2, 0.25) is 0 Å². The van der Waals surface area contributed by atoms with Crippen LogP contribution in [0.1, 0.15) is 65.7 Å². The molecular formula is C20H30O3. The molecule has 1 saturated heterocycles. The van der Waals surface area contributed by atoms with Crippen molar-refractivity contribution < 1.29 is 14.6 Å². The monoisotopic (exact) mass is 318 g/mol. The summed E-state index contributed by atoms with van der Waals surface area (Å²) in [7, 11) is 0. The van der Waals surface area contributed by atoms with E-state index in [1.54, 1.807) is 0 Å². The van der Waals surface area contributed by atoms with E-state index in [0.717, 1.165) is 18.8 Å². The molecule has 4 atom stereocenters. The molecule has 0 radical (unpaired) electrons. The van der Waals surface area contributed by atoms with Crippen LogP contribution in [-0.4, -0.2) is 17.4 Å². The zero-order valence-electron chi connectivity index (χ0n) is 14.7. The van der Waals surface area contributed by atoms with Gasteiger partial charge >= 0.3 is 5.97 Å². The van der Waals surface area contributed by atoms with Crippen molar-refractivity contribution in [2.75, 3.05) is 0 Å². The number of esters is 1. The van der Waals surface area contributed by atoms with E-state index in [1.165, 1.54) is 31.3 Å². The van der Waals surface area contributed by atoms with Gasteiger partial charge in [0.15, 0.2) is 0 Å². The number of fused-ring (bicyclic) bond motifs is 1. The average Bonchev–Trinajstić information content (AvgIpc) is 2.75. The van der Waals surface area contributed by atoms with Crippen molar-refractivity contribution in [3.63, 3.8) is 0 Å². The summed E-state index contributed by atoms with van der Waals surface area (Å²) in [5.41, 5.74) is 2.63. The van der Waals surface area contributed by atoms with Crippen LogP contribution in [0.15, 0.2) is 23.8 Å². The molecule has 0 aromatic carbocycles. The molecule has 1 heterocycles. The van der Waals surface area contributed by atoms with E-state index in [4.69, 9.17) is 4.74 Å². The average molecular weight is 318 g/mol. The van der Waals surface area contributed by atoms with Gasteiger partial charge in [0.05, 0.1) is 0 Å². The first kappa shape index (κ1) is 16.8. The van der Waals surface area contributed by atoms with Crippen LogP contribution in [0.25, 0.3) is 0 Å². The largest absolute Gasteiger partial charge is 0.432 e. The van der Waals surface area contributed by atoms with Crippen molar-refractivity contribution in [2.24, 2.45) is 22.7 Å². The van der Waals surface area contributed by atoms with E-state index in [-0.39, 0.29) is 11.4 Å². The maximum atomic E-state index is 11.7. The fourth-order valence-corrected chi connectivity index (χ4v) is 5.65. The maximum Gasteiger partial charge on any atom is 0.336 e. The Bertz CT molecular complexity index is 545. The molecule has 1 aliphatic heterocycles. The first-order chi connectivity index (χ1) is 10.7. The van der Waals surface area contributed by atoms with E-state index in [2.05, 4.69) is 27.4 Å². The molecule has 3 heteroatoms. The summed E-state index contributed by atoms with van der Waals surface area (Å²) in [5.74, 6) is 0.794. The third kappa shape index (κ3) is 2.88. The van der Waals surface area contributed by atoms with Crippen molar-refractivity contribution in [3.8, 4) is 0 Å². The third-order valence-electron chi connectivity index (χ3n) is 6.82. The van der Waals surface area contributed by atoms with Crippen molar-refractivity contribution in [1.29, 1.82) is 0 Å². The minimum Gasteiger partial charge on any atom is -0.432 e. The minimum atomic E-state index is -0.958. The second-order valence-electron chi connectivity index (χ2n) is 8.68. The molecule has 3 aliphatic rings. The Morgan fingerprint density at radius 1 is 1.35 bits per heavy atom. The zero-order chi connectivity index (χ0) is 16.8. The summed E-state index contributed by atoms with van der Waals surface area (Å²) in [6.45, 7) is 11.6. The molecule has 4 unspecified atom stereocenters. The van der Waals surface area contributed by atoms with Crippen molar-refractivity contribution >= 4 is 5.97 Å². The topological polar surface area (TPSA) is 46.5 Å².